The van der Waals surface area contributed by atoms with E-state index in [1.807, 2.05) is 0 Å². The Kier molecular flexibility index (Phi) is 5.16. The lowest BCUT2D eigenvalue weighted by molar-refractivity contribution is -0.126. The lowest BCUT2D eigenvalue weighted by Gasteiger charge is -2.20. The number of carbonyl (C=O) groups excluding carboxylic acids is 2. The number of fused-ring (bicyclic) bond motifs is 1. The zero-order valence-electron chi connectivity index (χ0n) is 12.9. The van der Waals surface area contributed by atoms with Crippen LogP contribution < -0.4 is 10.2 Å². The van der Waals surface area contributed by atoms with Crippen LogP contribution in [0.25, 0.3) is 0 Å². The molecule has 0 saturated heterocycles. The third kappa shape index (κ3) is 3.44. The molecule has 1 aliphatic heterocycles. The van der Waals surface area contributed by atoms with Crippen molar-refractivity contribution in [1.29, 1.82) is 0 Å². The van der Waals surface area contributed by atoms with Gasteiger partial charge in [0, 0.05) is 27.6 Å². The quantitative estimate of drug-likeness (QED) is 0.761. The molecular weight excluding hydrogens is 406 g/mol. The van der Waals surface area contributed by atoms with E-state index >= 15 is 0 Å². The molecule has 1 aliphatic rings. The molecule has 2 aromatic carbocycles. The van der Waals surface area contributed by atoms with Crippen LogP contribution in [0.3, 0.4) is 0 Å². The third-order valence-corrected chi connectivity index (χ3v) is 5.10. The summed E-state index contributed by atoms with van der Waals surface area (Å²) >= 11 is 24.7. The molecule has 8 heteroatoms. The summed E-state index contributed by atoms with van der Waals surface area (Å²) in [6, 6.07) is 7.36. The molecule has 2 amide bonds. The van der Waals surface area contributed by atoms with Gasteiger partial charge in [0.05, 0.1) is 17.3 Å². The van der Waals surface area contributed by atoms with Crippen molar-refractivity contribution >= 4 is 63.9 Å². The van der Waals surface area contributed by atoms with Crippen molar-refractivity contribution in [2.75, 3.05) is 4.90 Å². The fraction of sp³-hybridized carbons (Fsp3) is 0.176. The van der Waals surface area contributed by atoms with E-state index < -0.39 is 6.04 Å². The predicted octanol–water partition coefficient (Wildman–Crippen LogP) is 5.02. The van der Waals surface area contributed by atoms with E-state index in [0.29, 0.717) is 36.9 Å². The van der Waals surface area contributed by atoms with Gasteiger partial charge in [0.1, 0.15) is 6.04 Å². The van der Waals surface area contributed by atoms with Crippen molar-refractivity contribution < 1.29 is 9.59 Å². The first-order chi connectivity index (χ1) is 11.8. The van der Waals surface area contributed by atoms with E-state index in [0.717, 1.165) is 0 Å². The Morgan fingerprint density at radius 3 is 2.40 bits per heavy atom. The van der Waals surface area contributed by atoms with E-state index in [1.165, 1.54) is 11.8 Å². The molecule has 0 fully saturated rings. The Hall–Kier alpha value is -1.46. The second-order valence-corrected chi connectivity index (χ2v) is 7.24. The van der Waals surface area contributed by atoms with Crippen LogP contribution in [0.15, 0.2) is 30.3 Å². The van der Waals surface area contributed by atoms with Crippen molar-refractivity contribution in [3.63, 3.8) is 0 Å². The number of hydrogen-bond acceptors (Lipinski definition) is 2. The van der Waals surface area contributed by atoms with Gasteiger partial charge in [0.2, 0.25) is 5.91 Å². The van der Waals surface area contributed by atoms with Gasteiger partial charge in [0.15, 0.2) is 0 Å². The number of rotatable bonds is 3. The Morgan fingerprint density at radius 1 is 1.08 bits per heavy atom. The highest BCUT2D eigenvalue weighted by Crippen LogP contribution is 2.45. The molecule has 0 aliphatic carbocycles. The van der Waals surface area contributed by atoms with Crippen LogP contribution in [0, 0.1) is 0 Å². The number of halogens is 4. The van der Waals surface area contributed by atoms with Gasteiger partial charge in [-0.15, -0.1) is 0 Å². The summed E-state index contributed by atoms with van der Waals surface area (Å²) in [6.45, 7) is 1.52. The SMILES string of the molecule is CC(=O)NC1C(=O)N(Cc2ccc(Cl)cc2Cl)c2c(Cl)ccc(Cl)c21. The summed E-state index contributed by atoms with van der Waals surface area (Å²) in [5.74, 6) is -0.669. The molecule has 1 atom stereocenters. The Morgan fingerprint density at radius 2 is 1.76 bits per heavy atom. The van der Waals surface area contributed by atoms with Gasteiger partial charge >= 0.3 is 0 Å². The molecule has 4 nitrogen and oxygen atoms in total. The minimum absolute atomic E-state index is 0.179. The highest BCUT2D eigenvalue weighted by atomic mass is 35.5. The Bertz CT molecular complexity index is 885. The number of hydrogen-bond donors (Lipinski definition) is 1. The van der Waals surface area contributed by atoms with Gasteiger partial charge in [-0.3, -0.25) is 9.59 Å². The predicted molar refractivity (Wildman–Crippen MR) is 101 cm³/mol. The Balaban J connectivity index is 2.08. The minimum Gasteiger partial charge on any atom is -0.341 e. The molecule has 2 aromatic rings. The van der Waals surface area contributed by atoms with Gasteiger partial charge in [-0.1, -0.05) is 52.5 Å². The number of anilines is 1. The number of carbonyl (C=O) groups is 2. The molecule has 130 valence electrons. The monoisotopic (exact) mass is 416 g/mol. The first-order valence-corrected chi connectivity index (χ1v) is 8.81. The van der Waals surface area contributed by atoms with Crippen LogP contribution >= 0.6 is 46.4 Å². The molecule has 0 spiro atoms. The standard InChI is InChI=1S/C17H12Cl4N2O2/c1-8(24)22-15-14-11(19)4-5-12(20)16(14)23(17(15)25)7-9-2-3-10(18)6-13(9)21/h2-6,15H,7H2,1H3,(H,22,24). The number of amides is 2. The number of nitrogens with one attached hydrogen (secondary N) is 1. The summed E-state index contributed by atoms with van der Waals surface area (Å²) in [4.78, 5) is 25.9. The van der Waals surface area contributed by atoms with Crippen molar-refractivity contribution in [3.05, 3.63) is 61.5 Å². The van der Waals surface area contributed by atoms with Gasteiger partial charge in [-0.05, 0) is 29.8 Å². The first kappa shape index (κ1) is 18.3. The lowest BCUT2D eigenvalue weighted by atomic mass is 10.1. The van der Waals surface area contributed by atoms with Crippen LogP contribution in [0.2, 0.25) is 20.1 Å². The second kappa shape index (κ2) is 7.04. The zero-order chi connectivity index (χ0) is 18.3. The number of nitrogens with zero attached hydrogens (tertiary/aromatic N) is 1. The van der Waals surface area contributed by atoms with E-state index in [9.17, 15) is 9.59 Å². The fourth-order valence-corrected chi connectivity index (χ4v) is 3.81. The molecule has 25 heavy (non-hydrogen) atoms. The molecular formula is C17H12Cl4N2O2. The summed E-state index contributed by atoms with van der Waals surface area (Å²) < 4.78 is 0. The van der Waals surface area contributed by atoms with Crippen LogP contribution in [0.4, 0.5) is 5.69 Å². The average Bonchev–Trinajstić information content (AvgIpc) is 2.80. The summed E-state index contributed by atoms with van der Waals surface area (Å²) in [5, 5.41) is 4.28. The maximum Gasteiger partial charge on any atom is 0.254 e. The lowest BCUT2D eigenvalue weighted by Crippen LogP contribution is -2.36. The molecule has 0 saturated carbocycles. The number of benzene rings is 2. The highest BCUT2D eigenvalue weighted by Gasteiger charge is 2.41. The first-order valence-electron chi connectivity index (χ1n) is 7.30. The molecule has 1 unspecified atom stereocenters. The van der Waals surface area contributed by atoms with Crippen LogP contribution in [-0.2, 0) is 16.1 Å². The minimum atomic E-state index is -0.884. The molecule has 0 aromatic heterocycles. The molecule has 1 heterocycles. The van der Waals surface area contributed by atoms with E-state index in [2.05, 4.69) is 5.32 Å². The van der Waals surface area contributed by atoms with Crippen LogP contribution in [0.5, 0.6) is 0 Å². The topological polar surface area (TPSA) is 49.4 Å². The van der Waals surface area contributed by atoms with Gasteiger partial charge in [-0.25, -0.2) is 0 Å². The smallest absolute Gasteiger partial charge is 0.254 e. The largest absolute Gasteiger partial charge is 0.341 e. The molecule has 3 rings (SSSR count). The maximum atomic E-state index is 12.9. The maximum absolute atomic E-state index is 12.9. The normalized spacial score (nSPS) is 16.1. The molecule has 0 bridgehead atoms. The second-order valence-electron chi connectivity index (χ2n) is 5.59. The Labute approximate surface area is 164 Å². The molecule has 0 radical (unpaired) electrons. The van der Waals surface area contributed by atoms with Gasteiger partial charge < -0.3 is 10.2 Å². The summed E-state index contributed by atoms with van der Waals surface area (Å²) in [6.07, 6.45) is 0. The van der Waals surface area contributed by atoms with Crippen molar-refractivity contribution in [2.24, 2.45) is 0 Å². The fourth-order valence-electron chi connectivity index (χ4n) is 2.81. The van der Waals surface area contributed by atoms with E-state index in [1.54, 1.807) is 30.3 Å². The van der Waals surface area contributed by atoms with E-state index in [-0.39, 0.29) is 18.4 Å². The average molecular weight is 418 g/mol. The summed E-state index contributed by atoms with van der Waals surface area (Å²) in [7, 11) is 0. The summed E-state index contributed by atoms with van der Waals surface area (Å²) in [5.41, 5.74) is 1.66. The van der Waals surface area contributed by atoms with E-state index in [4.69, 9.17) is 46.4 Å². The van der Waals surface area contributed by atoms with Crippen LogP contribution in [0.1, 0.15) is 24.1 Å². The van der Waals surface area contributed by atoms with Crippen molar-refractivity contribution in [2.45, 2.75) is 19.5 Å². The third-order valence-electron chi connectivity index (χ3n) is 3.88. The van der Waals surface area contributed by atoms with Gasteiger partial charge in [0.25, 0.3) is 5.91 Å². The van der Waals surface area contributed by atoms with Crippen molar-refractivity contribution in [3.8, 4) is 0 Å². The zero-order valence-corrected chi connectivity index (χ0v) is 16.0. The van der Waals surface area contributed by atoms with Crippen molar-refractivity contribution in [1.82, 2.24) is 5.32 Å². The highest BCUT2D eigenvalue weighted by molar-refractivity contribution is 6.38. The molecule has 1 N–H and O–H groups in total. The van der Waals surface area contributed by atoms with Gasteiger partial charge in [-0.2, -0.15) is 0 Å². The van der Waals surface area contributed by atoms with Crippen LogP contribution in [-0.4, -0.2) is 11.8 Å².